The molecular formula is C14H18FNO3. The lowest BCUT2D eigenvalue weighted by atomic mass is 10.1. The summed E-state index contributed by atoms with van der Waals surface area (Å²) in [5.41, 5.74) is 0.770. The zero-order valence-electron chi connectivity index (χ0n) is 11.1. The van der Waals surface area contributed by atoms with E-state index in [9.17, 15) is 14.3 Å². The summed E-state index contributed by atoms with van der Waals surface area (Å²) in [6, 6.07) is 4.18. The zero-order chi connectivity index (χ0) is 14.0. The van der Waals surface area contributed by atoms with E-state index in [4.69, 9.17) is 4.74 Å². The number of rotatable bonds is 4. The average Bonchev–Trinajstić information content (AvgIpc) is 2.87. The first kappa shape index (κ1) is 13.8. The number of halogens is 1. The number of carboxylic acid groups (broad SMARTS) is 1. The monoisotopic (exact) mass is 267 g/mol. The first-order valence-corrected chi connectivity index (χ1v) is 6.36. The van der Waals surface area contributed by atoms with Gasteiger partial charge in [0.15, 0.2) is 11.6 Å². The van der Waals surface area contributed by atoms with Crippen LogP contribution in [0, 0.1) is 5.82 Å². The molecule has 1 fully saturated rings. The van der Waals surface area contributed by atoms with Crippen LogP contribution in [0.5, 0.6) is 5.75 Å². The molecule has 0 amide bonds. The van der Waals surface area contributed by atoms with Crippen molar-refractivity contribution in [2.24, 2.45) is 0 Å². The molecule has 1 aromatic rings. The molecule has 1 heterocycles. The first-order chi connectivity index (χ1) is 9.04. The minimum Gasteiger partial charge on any atom is -0.494 e. The molecule has 4 nitrogen and oxygen atoms in total. The third-order valence-electron chi connectivity index (χ3n) is 3.73. The second kappa shape index (κ2) is 5.57. The van der Waals surface area contributed by atoms with Crippen molar-refractivity contribution in [2.45, 2.75) is 31.8 Å². The highest BCUT2D eigenvalue weighted by Crippen LogP contribution is 2.31. The normalized spacial score (nSPS) is 21.3. The van der Waals surface area contributed by atoms with Gasteiger partial charge in [-0.2, -0.15) is 0 Å². The van der Waals surface area contributed by atoms with E-state index < -0.39 is 17.8 Å². The van der Waals surface area contributed by atoms with Gasteiger partial charge in [-0.15, -0.1) is 0 Å². The molecule has 1 saturated heterocycles. The molecule has 1 N–H and O–H groups in total. The summed E-state index contributed by atoms with van der Waals surface area (Å²) in [4.78, 5) is 13.1. The van der Waals surface area contributed by atoms with Gasteiger partial charge < -0.3 is 9.84 Å². The van der Waals surface area contributed by atoms with Crippen LogP contribution in [0.3, 0.4) is 0 Å². The fourth-order valence-corrected chi connectivity index (χ4v) is 2.65. The van der Waals surface area contributed by atoms with E-state index in [1.54, 1.807) is 12.1 Å². The number of hydrogen-bond acceptors (Lipinski definition) is 3. The molecule has 0 bridgehead atoms. The summed E-state index contributed by atoms with van der Waals surface area (Å²) >= 11 is 0. The largest absolute Gasteiger partial charge is 0.494 e. The average molecular weight is 267 g/mol. The fourth-order valence-electron chi connectivity index (χ4n) is 2.65. The maximum absolute atomic E-state index is 13.7. The maximum atomic E-state index is 13.7. The molecule has 0 aliphatic carbocycles. The van der Waals surface area contributed by atoms with Crippen LogP contribution in [0.2, 0.25) is 0 Å². The number of methoxy groups -OCH3 is 1. The van der Waals surface area contributed by atoms with E-state index in [-0.39, 0.29) is 11.8 Å². The number of carbonyl (C=O) groups is 1. The molecular weight excluding hydrogens is 249 g/mol. The smallest absolute Gasteiger partial charge is 0.320 e. The summed E-state index contributed by atoms with van der Waals surface area (Å²) in [6.45, 7) is 2.63. The Morgan fingerprint density at radius 3 is 2.89 bits per heavy atom. The highest BCUT2D eigenvalue weighted by atomic mass is 19.1. The SMILES string of the molecule is COc1ccc(C(C)N2CCCC2C(=O)O)cc1F. The van der Waals surface area contributed by atoms with E-state index >= 15 is 0 Å². The Hall–Kier alpha value is -1.62. The maximum Gasteiger partial charge on any atom is 0.320 e. The van der Waals surface area contributed by atoms with Crippen molar-refractivity contribution in [3.63, 3.8) is 0 Å². The second-order valence-corrected chi connectivity index (χ2v) is 4.80. The van der Waals surface area contributed by atoms with Gasteiger partial charge in [0.2, 0.25) is 0 Å². The van der Waals surface area contributed by atoms with Crippen molar-refractivity contribution >= 4 is 5.97 Å². The summed E-state index contributed by atoms with van der Waals surface area (Å²) in [6.07, 6.45) is 1.51. The van der Waals surface area contributed by atoms with Crippen LogP contribution in [-0.2, 0) is 4.79 Å². The van der Waals surface area contributed by atoms with Gasteiger partial charge in [0, 0.05) is 6.04 Å². The van der Waals surface area contributed by atoms with Gasteiger partial charge in [-0.1, -0.05) is 6.07 Å². The van der Waals surface area contributed by atoms with Crippen LogP contribution in [0.4, 0.5) is 4.39 Å². The minimum absolute atomic E-state index is 0.121. The lowest BCUT2D eigenvalue weighted by molar-refractivity contribution is -0.142. The van der Waals surface area contributed by atoms with E-state index in [0.29, 0.717) is 6.42 Å². The quantitative estimate of drug-likeness (QED) is 0.910. The first-order valence-electron chi connectivity index (χ1n) is 6.36. The Morgan fingerprint density at radius 2 is 2.32 bits per heavy atom. The van der Waals surface area contributed by atoms with Crippen LogP contribution in [0.25, 0.3) is 0 Å². The van der Waals surface area contributed by atoms with Crippen molar-refractivity contribution in [1.82, 2.24) is 4.90 Å². The van der Waals surface area contributed by atoms with Crippen molar-refractivity contribution < 1.29 is 19.0 Å². The van der Waals surface area contributed by atoms with E-state index in [1.807, 2.05) is 11.8 Å². The zero-order valence-corrected chi connectivity index (χ0v) is 11.1. The highest BCUT2D eigenvalue weighted by molar-refractivity contribution is 5.73. The summed E-state index contributed by atoms with van der Waals surface area (Å²) in [5.74, 6) is -1.02. The number of carboxylic acids is 1. The molecule has 5 heteroatoms. The van der Waals surface area contributed by atoms with Gasteiger partial charge in [-0.25, -0.2) is 4.39 Å². The fraction of sp³-hybridized carbons (Fsp3) is 0.500. The van der Waals surface area contributed by atoms with Crippen molar-refractivity contribution in [1.29, 1.82) is 0 Å². The van der Waals surface area contributed by atoms with Gasteiger partial charge in [-0.05, 0) is 44.0 Å². The van der Waals surface area contributed by atoms with Crippen LogP contribution >= 0.6 is 0 Å². The van der Waals surface area contributed by atoms with Crippen LogP contribution in [0.15, 0.2) is 18.2 Å². The summed E-state index contributed by atoms with van der Waals surface area (Å²) in [7, 11) is 1.42. The second-order valence-electron chi connectivity index (χ2n) is 4.80. The molecule has 0 saturated carbocycles. The highest BCUT2D eigenvalue weighted by Gasteiger charge is 2.34. The number of benzene rings is 1. The molecule has 2 rings (SSSR count). The molecule has 19 heavy (non-hydrogen) atoms. The Morgan fingerprint density at radius 1 is 1.58 bits per heavy atom. The Bertz CT molecular complexity index is 478. The predicted molar refractivity (Wildman–Crippen MR) is 68.7 cm³/mol. The number of aliphatic carboxylic acids is 1. The Balaban J connectivity index is 2.21. The van der Waals surface area contributed by atoms with Crippen LogP contribution in [0.1, 0.15) is 31.4 Å². The third kappa shape index (κ3) is 2.71. The van der Waals surface area contributed by atoms with Crippen LogP contribution in [-0.4, -0.2) is 35.7 Å². The van der Waals surface area contributed by atoms with Gasteiger partial charge in [0.1, 0.15) is 6.04 Å². The molecule has 1 aromatic carbocycles. The van der Waals surface area contributed by atoms with Crippen LogP contribution < -0.4 is 4.74 Å². The van der Waals surface area contributed by atoms with E-state index in [2.05, 4.69) is 0 Å². The standard InChI is InChI=1S/C14H18FNO3/c1-9(16-7-3-4-12(16)14(17)18)10-5-6-13(19-2)11(15)8-10/h5-6,8-9,12H,3-4,7H2,1-2H3,(H,17,18). The molecule has 1 aliphatic heterocycles. The lowest BCUT2D eigenvalue weighted by Crippen LogP contribution is -2.37. The van der Waals surface area contributed by atoms with Gasteiger partial charge in [0.25, 0.3) is 0 Å². The topological polar surface area (TPSA) is 49.8 Å². The van der Waals surface area contributed by atoms with Crippen molar-refractivity contribution in [2.75, 3.05) is 13.7 Å². The predicted octanol–water partition coefficient (Wildman–Crippen LogP) is 2.44. The lowest BCUT2D eigenvalue weighted by Gasteiger charge is -2.28. The number of hydrogen-bond donors (Lipinski definition) is 1. The molecule has 2 unspecified atom stereocenters. The van der Waals surface area contributed by atoms with Gasteiger partial charge >= 0.3 is 5.97 Å². The van der Waals surface area contributed by atoms with E-state index in [0.717, 1.165) is 18.5 Å². The Kier molecular flexibility index (Phi) is 4.04. The van der Waals surface area contributed by atoms with Gasteiger partial charge in [0.05, 0.1) is 7.11 Å². The molecule has 0 radical (unpaired) electrons. The summed E-state index contributed by atoms with van der Waals surface area (Å²) < 4.78 is 18.6. The third-order valence-corrected chi connectivity index (χ3v) is 3.73. The number of nitrogens with zero attached hydrogens (tertiary/aromatic N) is 1. The van der Waals surface area contributed by atoms with Crippen molar-refractivity contribution in [3.8, 4) is 5.75 Å². The molecule has 104 valence electrons. The van der Waals surface area contributed by atoms with Gasteiger partial charge in [-0.3, -0.25) is 9.69 Å². The number of ether oxygens (including phenoxy) is 1. The number of likely N-dealkylation sites (tertiary alicyclic amines) is 1. The van der Waals surface area contributed by atoms with Crippen molar-refractivity contribution in [3.05, 3.63) is 29.6 Å². The molecule has 2 atom stereocenters. The molecule has 1 aliphatic rings. The minimum atomic E-state index is -0.807. The van der Waals surface area contributed by atoms with E-state index in [1.165, 1.54) is 13.2 Å². The molecule has 0 aromatic heterocycles. The molecule has 0 spiro atoms. The summed E-state index contributed by atoms with van der Waals surface area (Å²) in [5, 5.41) is 9.18. The Labute approximate surface area is 111 Å².